The molecule has 1 heterocycles. The molecule has 1 aliphatic rings. The summed E-state index contributed by atoms with van der Waals surface area (Å²) in [4.78, 5) is 14.8. The van der Waals surface area contributed by atoms with Gasteiger partial charge in [0, 0.05) is 12.2 Å². The molecule has 1 atom stereocenters. The van der Waals surface area contributed by atoms with Gasteiger partial charge in [0.05, 0.1) is 4.90 Å². The van der Waals surface area contributed by atoms with Gasteiger partial charge in [-0.2, -0.15) is 0 Å². The molecule has 0 saturated heterocycles. The Bertz CT molecular complexity index is 908. The van der Waals surface area contributed by atoms with Crippen molar-refractivity contribution in [3.63, 3.8) is 0 Å². The summed E-state index contributed by atoms with van der Waals surface area (Å²) in [7, 11) is -2.22. The molecule has 0 radical (unpaired) electrons. The highest BCUT2D eigenvalue weighted by molar-refractivity contribution is 7.89. The minimum Gasteiger partial charge on any atom is -0.314 e. The number of nitrogens with one attached hydrogen (secondary N) is 1. The molecule has 7 heteroatoms. The monoisotopic (exact) mass is 359 g/mol. The van der Waals surface area contributed by atoms with E-state index in [4.69, 9.17) is 5.73 Å². The van der Waals surface area contributed by atoms with Crippen LogP contribution in [0, 0.1) is 0 Å². The summed E-state index contributed by atoms with van der Waals surface area (Å²) in [5.74, 6) is -0.253. The second-order valence-electron chi connectivity index (χ2n) is 6.27. The van der Waals surface area contributed by atoms with Crippen LogP contribution < -0.4 is 15.4 Å². The van der Waals surface area contributed by atoms with Crippen molar-refractivity contribution in [3.05, 3.63) is 59.7 Å². The summed E-state index contributed by atoms with van der Waals surface area (Å²) in [6.45, 7) is 2.16. The second-order valence-corrected chi connectivity index (χ2v) is 8.16. The van der Waals surface area contributed by atoms with Gasteiger partial charge in [0.25, 0.3) is 5.91 Å². The first kappa shape index (κ1) is 17.6. The number of sulfonamides is 1. The van der Waals surface area contributed by atoms with Gasteiger partial charge in [-0.05, 0) is 43.7 Å². The van der Waals surface area contributed by atoms with Gasteiger partial charge in [-0.25, -0.2) is 13.1 Å². The van der Waals surface area contributed by atoms with Gasteiger partial charge in [-0.15, -0.1) is 0 Å². The van der Waals surface area contributed by atoms with E-state index in [-0.39, 0.29) is 10.8 Å². The highest BCUT2D eigenvalue weighted by Gasteiger charge is 2.38. The van der Waals surface area contributed by atoms with E-state index in [1.54, 1.807) is 24.0 Å². The molecule has 2 aromatic carbocycles. The number of amides is 1. The predicted octanol–water partition coefficient (Wildman–Crippen LogP) is 1.36. The first-order valence-electron chi connectivity index (χ1n) is 8.00. The number of fused-ring (bicyclic) bond motifs is 1. The lowest BCUT2D eigenvalue weighted by molar-refractivity contribution is -0.123. The molecule has 0 spiro atoms. The first-order chi connectivity index (χ1) is 11.8. The highest BCUT2D eigenvalue weighted by atomic mass is 32.2. The Morgan fingerprint density at radius 1 is 1.20 bits per heavy atom. The van der Waals surface area contributed by atoms with Gasteiger partial charge in [0.1, 0.15) is 5.54 Å². The van der Waals surface area contributed by atoms with Gasteiger partial charge in [-0.1, -0.05) is 36.4 Å². The van der Waals surface area contributed by atoms with Gasteiger partial charge < -0.3 is 10.6 Å². The maximum absolute atomic E-state index is 13.1. The molecule has 0 bridgehead atoms. The average Bonchev–Trinajstić information content (AvgIpc) is 3.04. The Labute approximate surface area is 147 Å². The number of rotatable bonds is 4. The highest BCUT2D eigenvalue weighted by Crippen LogP contribution is 2.33. The van der Waals surface area contributed by atoms with Crippen molar-refractivity contribution in [1.82, 2.24) is 4.72 Å². The Hall–Kier alpha value is -2.22. The van der Waals surface area contributed by atoms with Crippen molar-refractivity contribution in [2.45, 2.75) is 23.8 Å². The van der Waals surface area contributed by atoms with E-state index >= 15 is 0 Å². The van der Waals surface area contributed by atoms with Crippen LogP contribution in [0.3, 0.4) is 0 Å². The number of nitrogens with two attached hydrogens (primary N) is 1. The van der Waals surface area contributed by atoms with Crippen LogP contribution >= 0.6 is 0 Å². The van der Waals surface area contributed by atoms with Crippen LogP contribution in [0.25, 0.3) is 0 Å². The molecule has 2 aromatic rings. The van der Waals surface area contributed by atoms with E-state index in [2.05, 4.69) is 4.72 Å². The summed E-state index contributed by atoms with van der Waals surface area (Å²) in [5.41, 5.74) is 7.41. The fraction of sp³-hybridized carbons (Fsp3) is 0.278. The summed E-state index contributed by atoms with van der Waals surface area (Å²) in [6, 6.07) is 14.0. The molecule has 1 unspecified atom stereocenters. The van der Waals surface area contributed by atoms with Gasteiger partial charge >= 0.3 is 0 Å². The van der Waals surface area contributed by atoms with Crippen LogP contribution in [0.15, 0.2) is 53.4 Å². The summed E-state index contributed by atoms with van der Waals surface area (Å²) < 4.78 is 26.4. The summed E-state index contributed by atoms with van der Waals surface area (Å²) in [6.07, 6.45) is 0.672. The Balaban J connectivity index is 2.00. The number of benzene rings is 2. The summed E-state index contributed by atoms with van der Waals surface area (Å²) >= 11 is 0. The molecule has 1 amide bonds. The molecule has 3 rings (SSSR count). The van der Waals surface area contributed by atoms with E-state index in [1.165, 1.54) is 13.1 Å². The minimum atomic E-state index is -3.58. The molecule has 0 saturated carbocycles. The van der Waals surface area contributed by atoms with Crippen LogP contribution in [0.5, 0.6) is 0 Å². The molecular formula is C18H21N3O3S. The molecule has 0 aromatic heterocycles. The lowest BCUT2D eigenvalue weighted by atomic mass is 9.91. The Morgan fingerprint density at radius 3 is 2.52 bits per heavy atom. The number of carbonyl (C=O) groups excluding carboxylic acids is 1. The van der Waals surface area contributed by atoms with Crippen LogP contribution in [-0.4, -0.2) is 27.9 Å². The Morgan fingerprint density at radius 2 is 1.88 bits per heavy atom. The third kappa shape index (κ3) is 3.06. The van der Waals surface area contributed by atoms with Crippen LogP contribution in [0.1, 0.15) is 18.1 Å². The van der Waals surface area contributed by atoms with Crippen LogP contribution in [0.4, 0.5) is 5.69 Å². The fourth-order valence-electron chi connectivity index (χ4n) is 3.04. The average molecular weight is 359 g/mol. The third-order valence-electron chi connectivity index (χ3n) is 4.59. The molecule has 132 valence electrons. The Kier molecular flexibility index (Phi) is 4.40. The zero-order chi connectivity index (χ0) is 18.2. The maximum atomic E-state index is 13.1. The molecule has 0 aliphatic carbocycles. The number of anilines is 1. The standard InChI is InChI=1S/C18H21N3O3S/c1-18(19,14-6-4-3-5-7-14)17(22)21-11-10-13-8-9-15(12-16(13)21)25(23,24)20-2/h3-9,12,20H,10-11,19H2,1-2H3. The van der Waals surface area contributed by atoms with Crippen molar-refractivity contribution < 1.29 is 13.2 Å². The predicted molar refractivity (Wildman–Crippen MR) is 96.7 cm³/mol. The fourth-order valence-corrected chi connectivity index (χ4v) is 3.79. The number of carbonyl (C=O) groups is 1. The normalized spacial score (nSPS) is 16.4. The minimum absolute atomic E-state index is 0.131. The lowest BCUT2D eigenvalue weighted by Crippen LogP contribution is -2.50. The molecular weight excluding hydrogens is 338 g/mol. The van der Waals surface area contributed by atoms with E-state index in [1.807, 2.05) is 30.3 Å². The van der Waals surface area contributed by atoms with E-state index in [9.17, 15) is 13.2 Å². The number of hydrogen-bond acceptors (Lipinski definition) is 4. The molecule has 6 nitrogen and oxygen atoms in total. The van der Waals surface area contributed by atoms with Gasteiger partial charge in [-0.3, -0.25) is 4.79 Å². The molecule has 25 heavy (non-hydrogen) atoms. The van der Waals surface area contributed by atoms with E-state index in [0.29, 0.717) is 24.2 Å². The van der Waals surface area contributed by atoms with E-state index in [0.717, 1.165) is 5.56 Å². The topological polar surface area (TPSA) is 92.5 Å². The molecule has 1 aliphatic heterocycles. The first-order valence-corrected chi connectivity index (χ1v) is 9.48. The SMILES string of the molecule is CNS(=O)(=O)c1ccc2c(c1)N(C(=O)C(C)(N)c1ccccc1)CC2. The van der Waals surface area contributed by atoms with Gasteiger partial charge in [0.2, 0.25) is 10.0 Å². The van der Waals surface area contributed by atoms with Crippen molar-refractivity contribution in [1.29, 1.82) is 0 Å². The lowest BCUT2D eigenvalue weighted by Gasteiger charge is -2.30. The van der Waals surface area contributed by atoms with Crippen LogP contribution in [0.2, 0.25) is 0 Å². The zero-order valence-electron chi connectivity index (χ0n) is 14.2. The van der Waals surface area contributed by atoms with Crippen LogP contribution in [-0.2, 0) is 26.8 Å². The van der Waals surface area contributed by atoms with Gasteiger partial charge in [0.15, 0.2) is 0 Å². The number of nitrogens with zero attached hydrogens (tertiary/aromatic N) is 1. The largest absolute Gasteiger partial charge is 0.314 e. The second kappa shape index (κ2) is 6.25. The van der Waals surface area contributed by atoms with Crippen molar-refractivity contribution in [2.24, 2.45) is 5.73 Å². The zero-order valence-corrected chi connectivity index (χ0v) is 15.0. The molecule has 0 fully saturated rings. The summed E-state index contributed by atoms with van der Waals surface area (Å²) in [5, 5.41) is 0. The third-order valence-corrected chi connectivity index (χ3v) is 6.01. The van der Waals surface area contributed by atoms with E-state index < -0.39 is 15.6 Å². The van der Waals surface area contributed by atoms with Crippen molar-refractivity contribution in [2.75, 3.05) is 18.5 Å². The smallest absolute Gasteiger partial charge is 0.251 e. The van der Waals surface area contributed by atoms with Crippen molar-refractivity contribution >= 4 is 21.6 Å². The van der Waals surface area contributed by atoms with Crippen molar-refractivity contribution in [3.8, 4) is 0 Å². The molecule has 3 N–H and O–H groups in total. The quantitative estimate of drug-likeness (QED) is 0.862. The maximum Gasteiger partial charge on any atom is 0.251 e. The number of hydrogen-bond donors (Lipinski definition) is 2.